The lowest BCUT2D eigenvalue weighted by atomic mass is 10.3. The van der Waals surface area contributed by atoms with Crippen LogP contribution in [0.3, 0.4) is 0 Å². The van der Waals surface area contributed by atoms with Crippen molar-refractivity contribution in [2.75, 3.05) is 5.73 Å². The molecule has 0 aliphatic rings. The topological polar surface area (TPSA) is 155 Å². The molecule has 0 atom stereocenters. The second kappa shape index (κ2) is 4.19. The molecule has 0 saturated carbocycles. The quantitative estimate of drug-likeness (QED) is 0.429. The average Bonchev–Trinajstić information content (AvgIpc) is 2.76. The lowest BCUT2D eigenvalue weighted by Crippen LogP contribution is -2.25. The van der Waals surface area contributed by atoms with E-state index >= 15 is 0 Å². The zero-order valence-electron chi connectivity index (χ0n) is 10.0. The Hall–Kier alpha value is -3.17. The van der Waals surface area contributed by atoms with E-state index in [1.54, 1.807) is 0 Å². The lowest BCUT2D eigenvalue weighted by molar-refractivity contribution is 0.789. The van der Waals surface area contributed by atoms with Crippen LogP contribution in [0.4, 0.5) is 5.95 Å². The smallest absolute Gasteiger partial charge is 0.325 e. The van der Waals surface area contributed by atoms with Crippen LogP contribution in [-0.4, -0.2) is 29.5 Å². The third-order valence-electron chi connectivity index (χ3n) is 2.73. The fraction of sp³-hybridized carbons (Fsp3) is 0.100. The highest BCUT2D eigenvalue weighted by Gasteiger charge is 2.10. The van der Waals surface area contributed by atoms with E-state index < -0.39 is 16.8 Å². The Bertz CT molecular complexity index is 961. The Kier molecular flexibility index (Phi) is 2.49. The number of anilines is 1. The molecule has 0 fully saturated rings. The molecular weight excluding hydrogens is 266 g/mol. The minimum Gasteiger partial charge on any atom is -0.369 e. The number of rotatable bonds is 2. The van der Waals surface area contributed by atoms with E-state index in [-0.39, 0.29) is 23.7 Å². The van der Waals surface area contributed by atoms with Crippen molar-refractivity contribution >= 4 is 17.1 Å². The maximum absolute atomic E-state index is 11.6. The molecular formula is C10H9N7O3. The first-order chi connectivity index (χ1) is 9.54. The fourth-order valence-corrected chi connectivity index (χ4v) is 1.83. The summed E-state index contributed by atoms with van der Waals surface area (Å²) in [7, 11) is 0. The summed E-state index contributed by atoms with van der Waals surface area (Å²) in [5.74, 6) is -0.0420. The average molecular weight is 275 g/mol. The number of nitrogens with one attached hydrogen (secondary N) is 3. The number of nitrogen functional groups attached to an aromatic ring is 1. The van der Waals surface area contributed by atoms with Crippen molar-refractivity contribution in [2.45, 2.75) is 6.54 Å². The van der Waals surface area contributed by atoms with Gasteiger partial charge in [-0.2, -0.15) is 4.98 Å². The molecule has 20 heavy (non-hydrogen) atoms. The molecule has 0 radical (unpaired) electrons. The van der Waals surface area contributed by atoms with Gasteiger partial charge < -0.3 is 15.3 Å². The minimum atomic E-state index is -0.590. The number of fused-ring (bicyclic) bond motifs is 1. The highest BCUT2D eigenvalue weighted by Crippen LogP contribution is 2.07. The molecule has 3 aromatic rings. The molecule has 3 rings (SSSR count). The molecule has 10 heteroatoms. The van der Waals surface area contributed by atoms with Crippen LogP contribution >= 0.6 is 0 Å². The largest absolute Gasteiger partial charge is 0.369 e. The van der Waals surface area contributed by atoms with Gasteiger partial charge in [-0.3, -0.25) is 19.6 Å². The Morgan fingerprint density at radius 2 is 2.00 bits per heavy atom. The number of hydrogen-bond donors (Lipinski definition) is 4. The van der Waals surface area contributed by atoms with Crippen LogP contribution in [0, 0.1) is 0 Å². The van der Waals surface area contributed by atoms with Crippen LogP contribution in [0.1, 0.15) is 5.56 Å². The number of H-pyrrole nitrogens is 3. The Balaban J connectivity index is 2.14. The summed E-state index contributed by atoms with van der Waals surface area (Å²) in [5, 5.41) is 0. The summed E-state index contributed by atoms with van der Waals surface area (Å²) in [4.78, 5) is 48.9. The monoisotopic (exact) mass is 275 g/mol. The number of aromatic nitrogens is 6. The van der Waals surface area contributed by atoms with E-state index in [2.05, 4.69) is 24.9 Å². The summed E-state index contributed by atoms with van der Waals surface area (Å²) in [6, 6.07) is 0. The number of nitrogens with zero attached hydrogens (tertiary/aromatic N) is 3. The van der Waals surface area contributed by atoms with Crippen LogP contribution in [-0.2, 0) is 6.54 Å². The molecule has 102 valence electrons. The van der Waals surface area contributed by atoms with Gasteiger partial charge >= 0.3 is 5.69 Å². The maximum atomic E-state index is 11.6. The van der Waals surface area contributed by atoms with Crippen molar-refractivity contribution in [1.29, 1.82) is 0 Å². The summed E-state index contributed by atoms with van der Waals surface area (Å²) < 4.78 is 1.49. The number of aromatic amines is 3. The second-order valence-corrected chi connectivity index (χ2v) is 4.09. The van der Waals surface area contributed by atoms with Gasteiger partial charge in [-0.15, -0.1) is 0 Å². The van der Waals surface area contributed by atoms with Crippen molar-refractivity contribution in [1.82, 2.24) is 29.5 Å². The Morgan fingerprint density at radius 1 is 1.20 bits per heavy atom. The van der Waals surface area contributed by atoms with E-state index in [1.165, 1.54) is 17.1 Å². The van der Waals surface area contributed by atoms with Gasteiger partial charge in [0.2, 0.25) is 5.95 Å². The summed E-state index contributed by atoms with van der Waals surface area (Å²) in [6.45, 7) is 0.0957. The van der Waals surface area contributed by atoms with Crippen LogP contribution < -0.4 is 22.5 Å². The van der Waals surface area contributed by atoms with Gasteiger partial charge in [-0.05, 0) is 0 Å². The molecule has 3 aromatic heterocycles. The summed E-state index contributed by atoms with van der Waals surface area (Å²) in [5.41, 5.74) is 4.59. The summed E-state index contributed by atoms with van der Waals surface area (Å²) in [6.07, 6.45) is 2.67. The fourth-order valence-electron chi connectivity index (χ4n) is 1.83. The van der Waals surface area contributed by atoms with E-state index in [0.29, 0.717) is 5.56 Å². The van der Waals surface area contributed by atoms with Crippen LogP contribution in [0.25, 0.3) is 11.2 Å². The van der Waals surface area contributed by atoms with Gasteiger partial charge in [0.05, 0.1) is 18.4 Å². The van der Waals surface area contributed by atoms with E-state index in [4.69, 9.17) is 5.73 Å². The first-order valence-electron chi connectivity index (χ1n) is 5.56. The number of imidazole rings is 1. The highest BCUT2D eigenvalue weighted by molar-refractivity contribution is 5.70. The Labute approximate surface area is 109 Å². The van der Waals surface area contributed by atoms with Crippen LogP contribution in [0.2, 0.25) is 0 Å². The summed E-state index contributed by atoms with van der Waals surface area (Å²) >= 11 is 0. The van der Waals surface area contributed by atoms with Gasteiger partial charge in [-0.1, -0.05) is 0 Å². The van der Waals surface area contributed by atoms with Crippen molar-refractivity contribution < 1.29 is 0 Å². The first kappa shape index (κ1) is 11.9. The standard InChI is InChI=1S/C10H9N7O3/c11-9-14-6-5(8(19)15-9)13-3-17(6)2-4-1-12-10(20)16-7(4)18/h1,3H,2H2,(H3,11,14,15,19)(H2,12,16,18,20). The highest BCUT2D eigenvalue weighted by atomic mass is 16.2. The van der Waals surface area contributed by atoms with Gasteiger partial charge in [0, 0.05) is 6.20 Å². The van der Waals surface area contributed by atoms with Crippen molar-refractivity contribution in [3.63, 3.8) is 0 Å². The van der Waals surface area contributed by atoms with Gasteiger partial charge in [0.1, 0.15) is 0 Å². The van der Waals surface area contributed by atoms with E-state index in [1.807, 2.05) is 0 Å². The second-order valence-electron chi connectivity index (χ2n) is 4.09. The number of nitrogens with two attached hydrogens (primary N) is 1. The Morgan fingerprint density at radius 3 is 2.75 bits per heavy atom. The first-order valence-corrected chi connectivity index (χ1v) is 5.56. The SMILES string of the molecule is Nc1nc2c(ncn2Cc2c[nH]c(=O)[nH]c2=O)c(=O)[nH]1. The van der Waals surface area contributed by atoms with Crippen molar-refractivity contribution in [3.05, 3.63) is 49.3 Å². The molecule has 0 saturated heterocycles. The zero-order chi connectivity index (χ0) is 14.3. The molecule has 0 aromatic carbocycles. The molecule has 0 unspecified atom stereocenters. The van der Waals surface area contributed by atoms with Gasteiger partial charge in [-0.25, -0.2) is 9.78 Å². The molecule has 10 nitrogen and oxygen atoms in total. The van der Waals surface area contributed by atoms with Crippen LogP contribution in [0.15, 0.2) is 26.9 Å². The zero-order valence-corrected chi connectivity index (χ0v) is 10.0. The minimum absolute atomic E-state index is 0.0420. The molecule has 0 amide bonds. The molecule has 3 heterocycles. The molecule has 0 spiro atoms. The molecule has 5 N–H and O–H groups in total. The van der Waals surface area contributed by atoms with Gasteiger partial charge in [0.25, 0.3) is 11.1 Å². The third kappa shape index (κ3) is 1.88. The van der Waals surface area contributed by atoms with Gasteiger partial charge in [0.15, 0.2) is 11.2 Å². The molecule has 0 aliphatic heterocycles. The van der Waals surface area contributed by atoms with E-state index in [9.17, 15) is 14.4 Å². The normalized spacial score (nSPS) is 11.0. The maximum Gasteiger partial charge on any atom is 0.325 e. The predicted molar refractivity (Wildman–Crippen MR) is 69.3 cm³/mol. The van der Waals surface area contributed by atoms with Crippen molar-refractivity contribution in [3.8, 4) is 0 Å². The molecule has 0 aliphatic carbocycles. The molecule has 0 bridgehead atoms. The van der Waals surface area contributed by atoms with Crippen LogP contribution in [0.5, 0.6) is 0 Å². The number of hydrogen-bond acceptors (Lipinski definition) is 6. The predicted octanol–water partition coefficient (Wildman–Crippen LogP) is -1.87. The van der Waals surface area contributed by atoms with E-state index in [0.717, 1.165) is 0 Å². The third-order valence-corrected chi connectivity index (χ3v) is 2.73. The lowest BCUT2D eigenvalue weighted by Gasteiger charge is -2.02. The van der Waals surface area contributed by atoms with Crippen molar-refractivity contribution in [2.24, 2.45) is 0 Å².